The third-order valence-corrected chi connectivity index (χ3v) is 7.18. The molecule has 1 N–H and O–H groups in total. The molecule has 200 valence electrons. The predicted molar refractivity (Wildman–Crippen MR) is 153 cm³/mol. The van der Waals surface area contributed by atoms with Crippen LogP contribution in [-0.2, 0) is 13.6 Å². The summed E-state index contributed by atoms with van der Waals surface area (Å²) in [4.78, 5) is 16.1. The Labute approximate surface area is 228 Å². The highest BCUT2D eigenvalue weighted by molar-refractivity contribution is 5.64. The molecule has 1 unspecified atom stereocenters. The molecule has 1 aromatic carbocycles. The van der Waals surface area contributed by atoms with Crippen LogP contribution < -0.4 is 10.1 Å². The van der Waals surface area contributed by atoms with Gasteiger partial charge in [0, 0.05) is 56.1 Å². The molecule has 0 saturated carbocycles. The highest BCUT2D eigenvalue weighted by Gasteiger charge is 2.15. The van der Waals surface area contributed by atoms with E-state index >= 15 is 0 Å². The molecule has 9 nitrogen and oxygen atoms in total. The number of nitrogens with one attached hydrogen (secondary N) is 1. The second-order valence-corrected chi connectivity index (χ2v) is 10.4. The maximum absolute atomic E-state index is 6.11. The topological polar surface area (TPSA) is 85.4 Å². The molecule has 5 heterocycles. The second kappa shape index (κ2) is 11.2. The summed E-state index contributed by atoms with van der Waals surface area (Å²) in [5, 5.41) is 7.67. The fraction of sp³-hybridized carbons (Fsp3) is 0.333. The average Bonchev–Trinajstić information content (AvgIpc) is 3.72. The van der Waals surface area contributed by atoms with Crippen LogP contribution in [0.25, 0.3) is 28.2 Å². The molecular formula is C30H34N8O. The van der Waals surface area contributed by atoms with Crippen LogP contribution in [0.3, 0.4) is 0 Å². The van der Waals surface area contributed by atoms with E-state index in [0.29, 0.717) is 19.1 Å². The van der Waals surface area contributed by atoms with Gasteiger partial charge in [0.25, 0.3) is 0 Å². The van der Waals surface area contributed by atoms with Crippen molar-refractivity contribution in [3.63, 3.8) is 0 Å². The van der Waals surface area contributed by atoms with Crippen LogP contribution in [-0.4, -0.2) is 60.3 Å². The monoisotopic (exact) mass is 522 g/mol. The van der Waals surface area contributed by atoms with Gasteiger partial charge in [-0.05, 0) is 43.1 Å². The highest BCUT2D eigenvalue weighted by Crippen LogP contribution is 2.24. The second-order valence-electron chi connectivity index (χ2n) is 10.4. The number of fused-ring (bicyclic) bond motifs is 1. The van der Waals surface area contributed by atoms with Gasteiger partial charge in [0.2, 0.25) is 0 Å². The number of aromatic nitrogens is 6. The quantitative estimate of drug-likeness (QED) is 0.279. The van der Waals surface area contributed by atoms with Gasteiger partial charge in [-0.1, -0.05) is 31.2 Å². The van der Waals surface area contributed by atoms with Crippen LogP contribution in [0.5, 0.6) is 5.75 Å². The van der Waals surface area contributed by atoms with Gasteiger partial charge in [0.1, 0.15) is 23.5 Å². The Hall–Kier alpha value is -4.24. The maximum Gasteiger partial charge on any atom is 0.140 e. The van der Waals surface area contributed by atoms with E-state index in [0.717, 1.165) is 46.3 Å². The lowest BCUT2D eigenvalue weighted by Gasteiger charge is -2.20. The Balaban J connectivity index is 1.09. The van der Waals surface area contributed by atoms with Crippen LogP contribution in [0.2, 0.25) is 0 Å². The van der Waals surface area contributed by atoms with Crippen LogP contribution in [0, 0.1) is 5.92 Å². The van der Waals surface area contributed by atoms with Crippen molar-refractivity contribution in [2.24, 2.45) is 13.0 Å². The molecule has 5 aromatic rings. The summed E-state index contributed by atoms with van der Waals surface area (Å²) in [6.45, 7) is 7.14. The minimum absolute atomic E-state index is 0.487. The van der Waals surface area contributed by atoms with E-state index in [1.54, 1.807) is 6.33 Å². The Morgan fingerprint density at radius 3 is 2.62 bits per heavy atom. The molecule has 0 bridgehead atoms. The van der Waals surface area contributed by atoms with Gasteiger partial charge in [0.05, 0.1) is 30.4 Å². The Morgan fingerprint density at radius 2 is 1.82 bits per heavy atom. The number of imidazole rings is 1. The first-order valence-electron chi connectivity index (χ1n) is 13.6. The van der Waals surface area contributed by atoms with Crippen LogP contribution in [0.15, 0.2) is 73.6 Å². The van der Waals surface area contributed by atoms with Gasteiger partial charge in [-0.25, -0.2) is 15.0 Å². The average molecular weight is 523 g/mol. The number of likely N-dealkylation sites (tertiary alicyclic amines) is 1. The Kier molecular flexibility index (Phi) is 7.23. The van der Waals surface area contributed by atoms with Gasteiger partial charge < -0.3 is 15.0 Å². The predicted octanol–water partition coefficient (Wildman–Crippen LogP) is 4.91. The number of aryl methyl sites for hydroxylation is 1. The summed E-state index contributed by atoms with van der Waals surface area (Å²) < 4.78 is 9.95. The zero-order valence-corrected chi connectivity index (χ0v) is 22.5. The minimum Gasteiger partial charge on any atom is -0.493 e. The van der Waals surface area contributed by atoms with Crippen LogP contribution in [0.1, 0.15) is 25.3 Å². The van der Waals surface area contributed by atoms with Crippen LogP contribution >= 0.6 is 0 Å². The Bertz CT molecular complexity index is 1530. The van der Waals surface area contributed by atoms with Gasteiger partial charge in [-0.15, -0.1) is 0 Å². The van der Waals surface area contributed by atoms with E-state index in [2.05, 4.69) is 61.5 Å². The zero-order valence-electron chi connectivity index (χ0n) is 22.5. The SMILES string of the molecule is CC(COc1ccn2c(-c3cc(NCc4ccc(-c5cnn(C)c5)cc4)ncn3)cnc2c1)CN1CCCC1. The molecule has 1 saturated heterocycles. The number of nitrogens with zero attached hydrogens (tertiary/aromatic N) is 7. The van der Waals surface area contributed by atoms with Gasteiger partial charge in [-0.3, -0.25) is 9.08 Å². The summed E-state index contributed by atoms with van der Waals surface area (Å²) in [7, 11) is 1.93. The summed E-state index contributed by atoms with van der Waals surface area (Å²) >= 11 is 0. The van der Waals surface area contributed by atoms with Crippen molar-refractivity contribution in [3.8, 4) is 28.3 Å². The van der Waals surface area contributed by atoms with Crippen molar-refractivity contribution in [1.82, 2.24) is 34.0 Å². The largest absolute Gasteiger partial charge is 0.493 e. The summed E-state index contributed by atoms with van der Waals surface area (Å²) in [5.41, 5.74) is 5.96. The number of benzene rings is 1. The summed E-state index contributed by atoms with van der Waals surface area (Å²) in [6, 6.07) is 14.4. The van der Waals surface area contributed by atoms with E-state index in [4.69, 9.17) is 4.74 Å². The molecule has 1 fully saturated rings. The number of rotatable bonds is 10. The van der Waals surface area contributed by atoms with Crippen molar-refractivity contribution in [2.75, 3.05) is 31.6 Å². The molecule has 1 atom stereocenters. The van der Waals surface area contributed by atoms with E-state index < -0.39 is 0 Å². The maximum atomic E-state index is 6.11. The smallest absolute Gasteiger partial charge is 0.140 e. The molecule has 0 amide bonds. The molecule has 9 heteroatoms. The standard InChI is InChI=1S/C30H34N8O/c1-22(18-37-10-3-4-11-37)20-39-26-9-12-38-28(17-32-30(38)13-26)27-14-29(34-21-33-27)31-15-23-5-7-24(8-6-23)25-16-35-36(2)19-25/h5-9,12-14,16-17,19,21-22H,3-4,10-11,15,18,20H2,1-2H3,(H,31,33,34). The van der Waals surface area contributed by atoms with E-state index in [1.807, 2.05) is 59.1 Å². The van der Waals surface area contributed by atoms with Crippen molar-refractivity contribution in [1.29, 1.82) is 0 Å². The van der Waals surface area contributed by atoms with Crippen molar-refractivity contribution < 1.29 is 4.74 Å². The molecule has 6 rings (SSSR count). The van der Waals surface area contributed by atoms with E-state index in [1.165, 1.54) is 31.5 Å². The molecule has 39 heavy (non-hydrogen) atoms. The van der Waals surface area contributed by atoms with Gasteiger partial charge in [0.15, 0.2) is 0 Å². The lowest BCUT2D eigenvalue weighted by molar-refractivity contribution is 0.206. The number of hydrogen-bond acceptors (Lipinski definition) is 7. The molecule has 0 radical (unpaired) electrons. The number of pyridine rings is 1. The fourth-order valence-corrected chi connectivity index (χ4v) is 5.11. The number of anilines is 1. The van der Waals surface area contributed by atoms with E-state index in [9.17, 15) is 0 Å². The normalized spacial score (nSPS) is 14.6. The van der Waals surface area contributed by atoms with Crippen LogP contribution in [0.4, 0.5) is 5.82 Å². The lowest BCUT2D eigenvalue weighted by Crippen LogP contribution is -2.28. The van der Waals surface area contributed by atoms with Crippen molar-refractivity contribution in [2.45, 2.75) is 26.3 Å². The van der Waals surface area contributed by atoms with Gasteiger partial charge in [-0.2, -0.15) is 5.10 Å². The third kappa shape index (κ3) is 5.93. The first-order chi connectivity index (χ1) is 19.1. The Morgan fingerprint density at radius 1 is 0.974 bits per heavy atom. The first kappa shape index (κ1) is 25.1. The molecular weight excluding hydrogens is 488 g/mol. The summed E-state index contributed by atoms with van der Waals surface area (Å²) in [5.74, 6) is 2.09. The molecule has 1 aliphatic rings. The molecule has 0 spiro atoms. The van der Waals surface area contributed by atoms with Gasteiger partial charge >= 0.3 is 0 Å². The molecule has 0 aliphatic carbocycles. The number of ether oxygens (including phenoxy) is 1. The van der Waals surface area contributed by atoms with E-state index in [-0.39, 0.29) is 0 Å². The number of hydrogen-bond donors (Lipinski definition) is 1. The van der Waals surface area contributed by atoms with Crippen molar-refractivity contribution in [3.05, 3.63) is 79.1 Å². The first-order valence-corrected chi connectivity index (χ1v) is 13.6. The minimum atomic E-state index is 0.487. The summed E-state index contributed by atoms with van der Waals surface area (Å²) in [6.07, 6.45) is 12.0. The lowest BCUT2D eigenvalue weighted by atomic mass is 10.1. The molecule has 4 aromatic heterocycles. The zero-order chi connectivity index (χ0) is 26.6. The van der Waals surface area contributed by atoms with Crippen molar-refractivity contribution >= 4 is 11.5 Å². The fourth-order valence-electron chi connectivity index (χ4n) is 5.11. The molecule has 1 aliphatic heterocycles. The highest BCUT2D eigenvalue weighted by atomic mass is 16.5. The third-order valence-electron chi connectivity index (χ3n) is 7.18.